The van der Waals surface area contributed by atoms with E-state index in [9.17, 15) is 10.1 Å². The molecule has 0 radical (unpaired) electrons. The van der Waals surface area contributed by atoms with Crippen molar-refractivity contribution in [1.29, 1.82) is 0 Å². The molecule has 1 fully saturated rings. The number of fused-ring (bicyclic) bond motifs is 1. The summed E-state index contributed by atoms with van der Waals surface area (Å²) in [5, 5.41) is 12.6. The van der Waals surface area contributed by atoms with E-state index in [1.165, 1.54) is 23.0 Å². The molecule has 4 rings (SSSR count). The monoisotopic (exact) mass is 369 g/mol. The van der Waals surface area contributed by atoms with Gasteiger partial charge in [0.05, 0.1) is 15.6 Å². The number of hydrogen-bond acceptors (Lipinski definition) is 3. The topological polar surface area (TPSA) is 51.3 Å². The summed E-state index contributed by atoms with van der Waals surface area (Å²) in [4.78, 5) is 12.7. The lowest BCUT2D eigenvalue weighted by Crippen LogP contribution is -2.35. The Balaban J connectivity index is 1.42. The molecule has 134 valence electrons. The van der Waals surface area contributed by atoms with Gasteiger partial charge in [-0.25, -0.2) is 0 Å². The van der Waals surface area contributed by atoms with E-state index in [2.05, 4.69) is 46.0 Å². The Morgan fingerprint density at radius 2 is 1.88 bits per heavy atom. The summed E-state index contributed by atoms with van der Waals surface area (Å²) in [5.41, 5.74) is 2.21. The molecule has 0 spiro atoms. The van der Waals surface area contributed by atoms with Gasteiger partial charge in [-0.15, -0.1) is 0 Å². The molecule has 0 amide bonds. The largest absolute Gasteiger partial charge is 0.370 e. The number of aromatic nitrogens is 1. The van der Waals surface area contributed by atoms with Crippen LogP contribution in [0.5, 0.6) is 0 Å². The van der Waals surface area contributed by atoms with Crippen LogP contribution in [-0.4, -0.2) is 22.6 Å². The second-order valence-electron chi connectivity index (χ2n) is 6.85. The van der Waals surface area contributed by atoms with Crippen molar-refractivity contribution >= 4 is 33.9 Å². The van der Waals surface area contributed by atoms with Crippen molar-refractivity contribution in [2.75, 3.05) is 18.0 Å². The molecule has 1 aliphatic rings. The standard InChI is InChI=1S/C20H20ClN3O2/c21-18-13-17(24(25)26)5-6-20(18)22-10-7-15(8-11-22)14-23-12-9-16-3-1-2-4-19(16)23/h1-6,9,12-13,15H,7-8,10-11,14H2. The van der Waals surface area contributed by atoms with Crippen LogP contribution < -0.4 is 4.90 Å². The smallest absolute Gasteiger partial charge is 0.271 e. The lowest BCUT2D eigenvalue weighted by Gasteiger charge is -2.34. The van der Waals surface area contributed by atoms with E-state index in [4.69, 9.17) is 11.6 Å². The SMILES string of the molecule is O=[N+]([O-])c1ccc(N2CCC(Cn3ccc4ccccc43)CC2)c(Cl)c1. The van der Waals surface area contributed by atoms with Crippen molar-refractivity contribution in [1.82, 2.24) is 4.57 Å². The molecule has 0 unspecified atom stereocenters. The Hall–Kier alpha value is -2.53. The number of halogens is 1. The Bertz CT molecular complexity index is 945. The van der Waals surface area contributed by atoms with Crippen molar-refractivity contribution in [3.63, 3.8) is 0 Å². The molecule has 0 saturated carbocycles. The summed E-state index contributed by atoms with van der Waals surface area (Å²) in [7, 11) is 0. The first-order valence-electron chi connectivity index (χ1n) is 8.84. The first kappa shape index (κ1) is 16.9. The number of nitro benzene ring substituents is 1. The van der Waals surface area contributed by atoms with Crippen LogP contribution in [-0.2, 0) is 6.54 Å². The number of piperidine rings is 1. The van der Waals surface area contributed by atoms with Crippen LogP contribution in [0, 0.1) is 16.0 Å². The molecule has 1 saturated heterocycles. The maximum Gasteiger partial charge on any atom is 0.271 e. The first-order valence-corrected chi connectivity index (χ1v) is 9.22. The van der Waals surface area contributed by atoms with Gasteiger partial charge >= 0.3 is 0 Å². The number of nitro groups is 1. The molecule has 5 nitrogen and oxygen atoms in total. The van der Waals surface area contributed by atoms with Gasteiger partial charge in [0, 0.05) is 43.5 Å². The molecule has 1 aliphatic heterocycles. The van der Waals surface area contributed by atoms with Crippen molar-refractivity contribution in [2.24, 2.45) is 5.92 Å². The molecule has 1 aromatic heterocycles. The summed E-state index contributed by atoms with van der Waals surface area (Å²) in [5.74, 6) is 0.624. The molecule has 2 aromatic carbocycles. The van der Waals surface area contributed by atoms with Gasteiger partial charge in [0.2, 0.25) is 0 Å². The Kier molecular flexibility index (Phi) is 4.55. The molecule has 3 aromatic rings. The normalized spacial score (nSPS) is 15.5. The number of anilines is 1. The lowest BCUT2D eigenvalue weighted by molar-refractivity contribution is -0.384. The third kappa shape index (κ3) is 3.27. The number of nitrogens with zero attached hydrogens (tertiary/aromatic N) is 3. The van der Waals surface area contributed by atoms with Gasteiger partial charge in [0.15, 0.2) is 0 Å². The summed E-state index contributed by atoms with van der Waals surface area (Å²) in [6, 6.07) is 15.4. The maximum absolute atomic E-state index is 10.9. The summed E-state index contributed by atoms with van der Waals surface area (Å²) < 4.78 is 2.34. The zero-order chi connectivity index (χ0) is 18.1. The van der Waals surface area contributed by atoms with Crippen LogP contribution in [0.15, 0.2) is 54.7 Å². The van der Waals surface area contributed by atoms with Crippen molar-refractivity contribution < 1.29 is 4.92 Å². The second-order valence-corrected chi connectivity index (χ2v) is 7.26. The van der Waals surface area contributed by atoms with Gasteiger partial charge in [0.1, 0.15) is 0 Å². The Morgan fingerprint density at radius 1 is 1.12 bits per heavy atom. The van der Waals surface area contributed by atoms with Crippen LogP contribution in [0.3, 0.4) is 0 Å². The van der Waals surface area contributed by atoms with Gasteiger partial charge < -0.3 is 9.47 Å². The zero-order valence-corrected chi connectivity index (χ0v) is 15.1. The van der Waals surface area contributed by atoms with Gasteiger partial charge in [-0.2, -0.15) is 0 Å². The van der Waals surface area contributed by atoms with E-state index in [-0.39, 0.29) is 5.69 Å². The molecule has 0 aliphatic carbocycles. The quantitative estimate of drug-likeness (QED) is 0.473. The zero-order valence-electron chi connectivity index (χ0n) is 14.3. The van der Waals surface area contributed by atoms with E-state index in [0.29, 0.717) is 10.9 Å². The van der Waals surface area contributed by atoms with Crippen LogP contribution in [0.2, 0.25) is 5.02 Å². The van der Waals surface area contributed by atoms with Gasteiger partial charge in [-0.3, -0.25) is 10.1 Å². The minimum Gasteiger partial charge on any atom is -0.370 e. The molecular weight excluding hydrogens is 350 g/mol. The number of non-ortho nitro benzene ring substituents is 1. The highest BCUT2D eigenvalue weighted by Gasteiger charge is 2.22. The fraction of sp³-hybridized carbons (Fsp3) is 0.300. The maximum atomic E-state index is 10.9. The van der Waals surface area contributed by atoms with Crippen molar-refractivity contribution in [3.8, 4) is 0 Å². The Morgan fingerprint density at radius 3 is 2.62 bits per heavy atom. The fourth-order valence-corrected chi connectivity index (χ4v) is 4.09. The van der Waals surface area contributed by atoms with Crippen LogP contribution >= 0.6 is 11.6 Å². The molecule has 6 heteroatoms. The Labute approximate surface area is 156 Å². The lowest BCUT2D eigenvalue weighted by atomic mass is 9.96. The van der Waals surface area contributed by atoms with Crippen LogP contribution in [0.4, 0.5) is 11.4 Å². The van der Waals surface area contributed by atoms with Crippen molar-refractivity contribution in [2.45, 2.75) is 19.4 Å². The minimum absolute atomic E-state index is 0.0353. The van der Waals surface area contributed by atoms with Gasteiger partial charge in [0.25, 0.3) is 5.69 Å². The molecule has 26 heavy (non-hydrogen) atoms. The van der Waals surface area contributed by atoms with Gasteiger partial charge in [-0.05, 0) is 42.3 Å². The second kappa shape index (κ2) is 7.00. The highest BCUT2D eigenvalue weighted by atomic mass is 35.5. The minimum atomic E-state index is -0.413. The van der Waals surface area contributed by atoms with E-state index in [1.807, 2.05) is 0 Å². The molecular formula is C20H20ClN3O2. The third-order valence-electron chi connectivity index (χ3n) is 5.23. The van der Waals surface area contributed by atoms with Crippen LogP contribution in [0.25, 0.3) is 10.9 Å². The third-order valence-corrected chi connectivity index (χ3v) is 5.54. The van der Waals surface area contributed by atoms with E-state index in [1.54, 1.807) is 6.07 Å². The average molecular weight is 370 g/mol. The first-order chi connectivity index (χ1) is 12.6. The van der Waals surface area contributed by atoms with E-state index >= 15 is 0 Å². The summed E-state index contributed by atoms with van der Waals surface area (Å²) >= 11 is 6.27. The molecule has 0 N–H and O–H groups in total. The highest BCUT2D eigenvalue weighted by molar-refractivity contribution is 6.33. The molecule has 0 atom stereocenters. The predicted molar refractivity (Wildman–Crippen MR) is 105 cm³/mol. The fourth-order valence-electron chi connectivity index (χ4n) is 3.80. The molecule has 0 bridgehead atoms. The van der Waals surface area contributed by atoms with E-state index < -0.39 is 4.92 Å². The van der Waals surface area contributed by atoms with Gasteiger partial charge in [-0.1, -0.05) is 29.8 Å². The average Bonchev–Trinajstić information content (AvgIpc) is 3.05. The number of benzene rings is 2. The van der Waals surface area contributed by atoms with Crippen LogP contribution in [0.1, 0.15) is 12.8 Å². The predicted octanol–water partition coefficient (Wildman–Crippen LogP) is 5.12. The highest BCUT2D eigenvalue weighted by Crippen LogP contribution is 2.33. The molecule has 2 heterocycles. The van der Waals surface area contributed by atoms with Crippen molar-refractivity contribution in [3.05, 3.63) is 69.9 Å². The van der Waals surface area contributed by atoms with E-state index in [0.717, 1.165) is 38.2 Å². The number of hydrogen-bond donors (Lipinski definition) is 0. The number of para-hydroxylation sites is 1. The summed E-state index contributed by atoms with van der Waals surface area (Å²) in [6.45, 7) is 2.86. The summed E-state index contributed by atoms with van der Waals surface area (Å²) in [6.07, 6.45) is 4.34. The number of rotatable bonds is 4.